The van der Waals surface area contributed by atoms with Gasteiger partial charge >= 0.3 is 0 Å². The van der Waals surface area contributed by atoms with Crippen molar-refractivity contribution >= 4 is 0 Å². The van der Waals surface area contributed by atoms with Crippen LogP contribution < -0.4 is 5.32 Å². The second-order valence-corrected chi connectivity index (χ2v) is 5.34. The standard InChI is InChI=1S/C16H29NO4/c1-13(2)17-11-16-10-15(14(3)21-16)12-20-9-8-19-7-5-6-18-4/h10,13,17H,5-9,11-12H2,1-4H3. The summed E-state index contributed by atoms with van der Waals surface area (Å²) in [6.07, 6.45) is 0.920. The topological polar surface area (TPSA) is 52.9 Å². The molecule has 0 aromatic carbocycles. The van der Waals surface area contributed by atoms with Crippen LogP contribution in [0.1, 0.15) is 37.4 Å². The first-order valence-electron chi connectivity index (χ1n) is 7.59. The lowest BCUT2D eigenvalue weighted by Crippen LogP contribution is -2.21. The third-order valence-electron chi connectivity index (χ3n) is 3.02. The summed E-state index contributed by atoms with van der Waals surface area (Å²) >= 11 is 0. The molecule has 0 aliphatic rings. The minimum atomic E-state index is 0.449. The fourth-order valence-corrected chi connectivity index (χ4v) is 1.83. The van der Waals surface area contributed by atoms with Gasteiger partial charge in [-0.15, -0.1) is 0 Å². The number of rotatable bonds is 12. The quantitative estimate of drug-likeness (QED) is 0.601. The molecule has 1 N–H and O–H groups in total. The van der Waals surface area contributed by atoms with Crippen molar-refractivity contribution in [2.45, 2.75) is 46.4 Å². The van der Waals surface area contributed by atoms with Crippen LogP contribution in [-0.4, -0.2) is 39.6 Å². The Bertz CT molecular complexity index is 376. The summed E-state index contributed by atoms with van der Waals surface area (Å²) in [7, 11) is 1.70. The summed E-state index contributed by atoms with van der Waals surface area (Å²) in [5, 5.41) is 3.34. The number of aryl methyl sites for hydroxylation is 1. The van der Waals surface area contributed by atoms with Gasteiger partial charge in [0.1, 0.15) is 11.5 Å². The predicted octanol–water partition coefficient (Wildman–Crippen LogP) is 2.66. The van der Waals surface area contributed by atoms with Crippen molar-refractivity contribution in [2.75, 3.05) is 33.5 Å². The molecular formula is C16H29NO4. The van der Waals surface area contributed by atoms with Gasteiger partial charge in [-0.2, -0.15) is 0 Å². The monoisotopic (exact) mass is 299 g/mol. The number of hydrogen-bond donors (Lipinski definition) is 1. The Morgan fingerprint density at radius 1 is 1.14 bits per heavy atom. The first kappa shape index (κ1) is 18.2. The van der Waals surface area contributed by atoms with Crippen LogP contribution in [0.2, 0.25) is 0 Å². The lowest BCUT2D eigenvalue weighted by molar-refractivity contribution is 0.0334. The van der Waals surface area contributed by atoms with E-state index in [-0.39, 0.29) is 0 Å². The van der Waals surface area contributed by atoms with E-state index >= 15 is 0 Å². The highest BCUT2D eigenvalue weighted by Gasteiger charge is 2.07. The minimum Gasteiger partial charge on any atom is -0.465 e. The van der Waals surface area contributed by atoms with E-state index in [1.807, 2.05) is 6.92 Å². The van der Waals surface area contributed by atoms with Crippen LogP contribution in [0.3, 0.4) is 0 Å². The molecule has 0 amide bonds. The molecular weight excluding hydrogens is 270 g/mol. The molecule has 0 saturated carbocycles. The average molecular weight is 299 g/mol. The Labute approximate surface area is 127 Å². The molecule has 0 fully saturated rings. The second kappa shape index (κ2) is 10.8. The molecule has 1 heterocycles. The van der Waals surface area contributed by atoms with E-state index in [1.165, 1.54) is 0 Å². The van der Waals surface area contributed by atoms with Gasteiger partial charge in [-0.1, -0.05) is 13.8 Å². The van der Waals surface area contributed by atoms with E-state index in [0.717, 1.165) is 36.7 Å². The molecule has 0 aliphatic carbocycles. The number of hydrogen-bond acceptors (Lipinski definition) is 5. The van der Waals surface area contributed by atoms with Crippen LogP contribution >= 0.6 is 0 Å². The first-order chi connectivity index (χ1) is 10.1. The molecule has 0 bridgehead atoms. The Morgan fingerprint density at radius 3 is 2.62 bits per heavy atom. The number of methoxy groups -OCH3 is 1. The third-order valence-corrected chi connectivity index (χ3v) is 3.02. The molecule has 5 nitrogen and oxygen atoms in total. The van der Waals surface area contributed by atoms with Crippen LogP contribution in [0.25, 0.3) is 0 Å². The molecule has 5 heteroatoms. The summed E-state index contributed by atoms with van der Waals surface area (Å²) < 4.78 is 21.7. The molecule has 0 radical (unpaired) electrons. The summed E-state index contributed by atoms with van der Waals surface area (Å²) in [5.41, 5.74) is 1.11. The molecule has 0 aliphatic heterocycles. The molecule has 1 rings (SSSR count). The largest absolute Gasteiger partial charge is 0.465 e. The van der Waals surface area contributed by atoms with Crippen molar-refractivity contribution in [1.82, 2.24) is 5.32 Å². The highest BCUT2D eigenvalue weighted by Crippen LogP contribution is 2.15. The fourth-order valence-electron chi connectivity index (χ4n) is 1.83. The Hall–Kier alpha value is -0.880. The summed E-state index contributed by atoms with van der Waals surface area (Å²) in [4.78, 5) is 0. The van der Waals surface area contributed by atoms with Crippen molar-refractivity contribution in [2.24, 2.45) is 0 Å². The predicted molar refractivity (Wildman–Crippen MR) is 82.4 cm³/mol. The van der Waals surface area contributed by atoms with E-state index in [0.29, 0.717) is 32.5 Å². The molecule has 122 valence electrons. The zero-order valence-corrected chi connectivity index (χ0v) is 13.7. The fraction of sp³-hybridized carbons (Fsp3) is 0.750. The summed E-state index contributed by atoms with van der Waals surface area (Å²) in [6, 6.07) is 2.51. The van der Waals surface area contributed by atoms with Crippen LogP contribution in [0, 0.1) is 6.92 Å². The van der Waals surface area contributed by atoms with Crippen LogP contribution in [0.15, 0.2) is 10.5 Å². The smallest absolute Gasteiger partial charge is 0.118 e. The summed E-state index contributed by atoms with van der Waals surface area (Å²) in [6.45, 7) is 10.2. The molecule has 0 spiro atoms. The maximum atomic E-state index is 5.70. The van der Waals surface area contributed by atoms with Gasteiger partial charge in [0.2, 0.25) is 0 Å². The van der Waals surface area contributed by atoms with Crippen LogP contribution in [-0.2, 0) is 27.4 Å². The normalized spacial score (nSPS) is 11.5. The van der Waals surface area contributed by atoms with Gasteiger partial charge in [0.05, 0.1) is 26.4 Å². The lowest BCUT2D eigenvalue weighted by Gasteiger charge is -2.05. The second-order valence-electron chi connectivity index (χ2n) is 5.34. The van der Waals surface area contributed by atoms with Gasteiger partial charge in [-0.05, 0) is 19.4 Å². The summed E-state index contributed by atoms with van der Waals surface area (Å²) in [5.74, 6) is 1.88. The van der Waals surface area contributed by atoms with Crippen molar-refractivity contribution < 1.29 is 18.6 Å². The van der Waals surface area contributed by atoms with Crippen molar-refractivity contribution in [3.63, 3.8) is 0 Å². The number of furan rings is 1. The first-order valence-corrected chi connectivity index (χ1v) is 7.59. The third kappa shape index (κ3) is 8.21. The van der Waals surface area contributed by atoms with Crippen molar-refractivity contribution in [3.8, 4) is 0 Å². The SMILES string of the molecule is COCCCOCCOCc1cc(CNC(C)C)oc1C. The number of ether oxygens (including phenoxy) is 3. The average Bonchev–Trinajstić information content (AvgIpc) is 2.80. The highest BCUT2D eigenvalue weighted by molar-refractivity contribution is 5.19. The van der Waals surface area contributed by atoms with Gasteiger partial charge in [0, 0.05) is 31.9 Å². The van der Waals surface area contributed by atoms with Gasteiger partial charge in [-0.25, -0.2) is 0 Å². The Kier molecular flexibility index (Phi) is 9.34. The van der Waals surface area contributed by atoms with E-state index < -0.39 is 0 Å². The van der Waals surface area contributed by atoms with E-state index in [9.17, 15) is 0 Å². The Balaban J connectivity index is 2.14. The molecule has 1 aromatic rings. The molecule has 0 saturated heterocycles. The zero-order valence-electron chi connectivity index (χ0n) is 13.7. The van der Waals surface area contributed by atoms with Crippen molar-refractivity contribution in [3.05, 3.63) is 23.2 Å². The zero-order chi connectivity index (χ0) is 15.5. The van der Waals surface area contributed by atoms with Gasteiger partial charge in [-0.3, -0.25) is 0 Å². The molecule has 0 unspecified atom stereocenters. The maximum Gasteiger partial charge on any atom is 0.118 e. The minimum absolute atomic E-state index is 0.449. The molecule has 21 heavy (non-hydrogen) atoms. The van der Waals surface area contributed by atoms with Crippen LogP contribution in [0.5, 0.6) is 0 Å². The van der Waals surface area contributed by atoms with Gasteiger partial charge in [0.25, 0.3) is 0 Å². The van der Waals surface area contributed by atoms with Gasteiger partial charge in [0.15, 0.2) is 0 Å². The van der Waals surface area contributed by atoms with E-state index in [4.69, 9.17) is 18.6 Å². The van der Waals surface area contributed by atoms with E-state index in [1.54, 1.807) is 7.11 Å². The van der Waals surface area contributed by atoms with E-state index in [2.05, 4.69) is 25.2 Å². The van der Waals surface area contributed by atoms with Gasteiger partial charge < -0.3 is 23.9 Å². The Morgan fingerprint density at radius 2 is 1.90 bits per heavy atom. The van der Waals surface area contributed by atoms with Crippen LogP contribution in [0.4, 0.5) is 0 Å². The maximum absolute atomic E-state index is 5.70. The lowest BCUT2D eigenvalue weighted by atomic mass is 10.2. The molecule has 1 aromatic heterocycles. The highest BCUT2D eigenvalue weighted by atomic mass is 16.5. The molecule has 0 atom stereocenters. The van der Waals surface area contributed by atoms with Crippen molar-refractivity contribution in [1.29, 1.82) is 0 Å². The number of nitrogens with one attached hydrogen (secondary N) is 1.